The van der Waals surface area contributed by atoms with Crippen LogP contribution < -0.4 is 10.6 Å². The lowest BCUT2D eigenvalue weighted by atomic mass is 10.5. The Morgan fingerprint density at radius 3 is 3.06 bits per heavy atom. The minimum absolute atomic E-state index is 0.473. The van der Waals surface area contributed by atoms with Gasteiger partial charge in [-0.3, -0.25) is 0 Å². The summed E-state index contributed by atoms with van der Waals surface area (Å²) in [6.45, 7) is 4.26. The fourth-order valence-corrected chi connectivity index (χ4v) is 1.85. The molecule has 2 rings (SSSR count). The van der Waals surface area contributed by atoms with Crippen LogP contribution in [0.5, 0.6) is 0 Å². The zero-order valence-corrected chi connectivity index (χ0v) is 9.88. The molecule has 0 aliphatic carbocycles. The van der Waals surface area contributed by atoms with E-state index in [1.54, 1.807) is 11.3 Å². The Hall–Kier alpha value is -1.40. The van der Waals surface area contributed by atoms with Crippen LogP contribution >= 0.6 is 11.3 Å². The summed E-state index contributed by atoms with van der Waals surface area (Å²) in [6, 6.07) is 4.56. The minimum atomic E-state index is 0.473. The summed E-state index contributed by atoms with van der Waals surface area (Å²) in [4.78, 5) is 1.24. The predicted molar refractivity (Wildman–Crippen MR) is 63.3 cm³/mol. The molecule has 0 atom stereocenters. The monoisotopic (exact) mass is 238 g/mol. The van der Waals surface area contributed by atoms with Crippen LogP contribution in [-0.4, -0.2) is 16.7 Å². The molecule has 0 bridgehead atoms. The summed E-state index contributed by atoms with van der Waals surface area (Å²) in [5.41, 5.74) is 0. The van der Waals surface area contributed by atoms with Crippen LogP contribution in [0.3, 0.4) is 0 Å². The Labute approximate surface area is 97.9 Å². The van der Waals surface area contributed by atoms with Crippen LogP contribution in [0.15, 0.2) is 21.9 Å². The maximum atomic E-state index is 5.39. The maximum Gasteiger partial charge on any atom is 0.315 e. The molecule has 0 aliphatic rings. The van der Waals surface area contributed by atoms with Gasteiger partial charge in [0, 0.05) is 4.88 Å². The quantitative estimate of drug-likeness (QED) is 0.804. The van der Waals surface area contributed by atoms with E-state index >= 15 is 0 Å². The Balaban J connectivity index is 1.83. The van der Waals surface area contributed by atoms with Crippen LogP contribution in [0.4, 0.5) is 6.01 Å². The number of aromatic nitrogens is 2. The van der Waals surface area contributed by atoms with Gasteiger partial charge in [-0.1, -0.05) is 18.1 Å². The minimum Gasteiger partial charge on any atom is -0.407 e. The highest BCUT2D eigenvalue weighted by atomic mass is 32.1. The average Bonchev–Trinajstić information content (AvgIpc) is 2.95. The van der Waals surface area contributed by atoms with E-state index in [-0.39, 0.29) is 0 Å². The first kappa shape index (κ1) is 11.1. The molecule has 0 spiro atoms. The van der Waals surface area contributed by atoms with Gasteiger partial charge in [0.25, 0.3) is 0 Å². The first-order valence-electron chi connectivity index (χ1n) is 5.18. The van der Waals surface area contributed by atoms with Crippen molar-refractivity contribution in [3.63, 3.8) is 0 Å². The molecule has 0 saturated carbocycles. The van der Waals surface area contributed by atoms with Crippen molar-refractivity contribution in [2.24, 2.45) is 0 Å². The first-order valence-corrected chi connectivity index (χ1v) is 6.06. The fraction of sp³-hybridized carbons (Fsp3) is 0.400. The summed E-state index contributed by atoms with van der Waals surface area (Å²) in [5.74, 6) is 0.607. The van der Waals surface area contributed by atoms with Gasteiger partial charge in [0.15, 0.2) is 0 Å². The number of hydrogen-bond donors (Lipinski definition) is 2. The van der Waals surface area contributed by atoms with Gasteiger partial charge in [-0.05, 0) is 18.0 Å². The van der Waals surface area contributed by atoms with Gasteiger partial charge in [-0.2, -0.15) is 0 Å². The zero-order chi connectivity index (χ0) is 11.2. The van der Waals surface area contributed by atoms with Crippen molar-refractivity contribution in [2.45, 2.75) is 20.0 Å². The lowest BCUT2D eigenvalue weighted by molar-refractivity contribution is 0.481. The van der Waals surface area contributed by atoms with Crippen LogP contribution in [0.1, 0.15) is 17.7 Å². The van der Waals surface area contributed by atoms with Gasteiger partial charge in [-0.15, -0.1) is 16.4 Å². The number of nitrogens with one attached hydrogen (secondary N) is 2. The molecule has 2 aromatic rings. The molecule has 0 aliphatic heterocycles. The van der Waals surface area contributed by atoms with Crippen LogP contribution in [-0.2, 0) is 13.1 Å². The molecule has 0 amide bonds. The molecule has 2 N–H and O–H groups in total. The van der Waals surface area contributed by atoms with Gasteiger partial charge in [0.05, 0.1) is 13.1 Å². The number of thiophene rings is 1. The van der Waals surface area contributed by atoms with E-state index < -0.39 is 0 Å². The Morgan fingerprint density at radius 1 is 1.38 bits per heavy atom. The van der Waals surface area contributed by atoms with Crippen molar-refractivity contribution in [1.29, 1.82) is 0 Å². The van der Waals surface area contributed by atoms with Gasteiger partial charge >= 0.3 is 6.01 Å². The smallest absolute Gasteiger partial charge is 0.315 e. The van der Waals surface area contributed by atoms with E-state index in [1.165, 1.54) is 4.88 Å². The summed E-state index contributed by atoms with van der Waals surface area (Å²) >= 11 is 1.70. The third kappa shape index (κ3) is 3.04. The van der Waals surface area contributed by atoms with Crippen molar-refractivity contribution in [1.82, 2.24) is 15.5 Å². The highest BCUT2D eigenvalue weighted by Gasteiger charge is 2.04. The van der Waals surface area contributed by atoms with E-state index in [0.717, 1.165) is 13.1 Å². The molecule has 6 heteroatoms. The first-order chi connectivity index (χ1) is 7.88. The molecule has 86 valence electrons. The number of rotatable bonds is 6. The number of anilines is 1. The van der Waals surface area contributed by atoms with Crippen LogP contribution in [0.2, 0.25) is 0 Å². The van der Waals surface area contributed by atoms with Crippen LogP contribution in [0, 0.1) is 0 Å². The number of hydrogen-bond acceptors (Lipinski definition) is 6. The SMILES string of the molecule is CCNCc1nnc(NCc2cccs2)o1. The molecule has 2 aromatic heterocycles. The van der Waals surface area contributed by atoms with Gasteiger partial charge in [0.1, 0.15) is 0 Å². The molecule has 0 saturated heterocycles. The lowest BCUT2D eigenvalue weighted by Gasteiger charge is -1.97. The van der Waals surface area contributed by atoms with Crippen LogP contribution in [0.25, 0.3) is 0 Å². The highest BCUT2D eigenvalue weighted by molar-refractivity contribution is 7.09. The third-order valence-corrected chi connectivity index (χ3v) is 2.86. The summed E-state index contributed by atoms with van der Waals surface area (Å²) in [6.07, 6.45) is 0. The second-order valence-electron chi connectivity index (χ2n) is 3.21. The van der Waals surface area contributed by atoms with Crippen molar-refractivity contribution >= 4 is 17.4 Å². The predicted octanol–water partition coefficient (Wildman–Crippen LogP) is 1.85. The fourth-order valence-electron chi connectivity index (χ4n) is 1.20. The topological polar surface area (TPSA) is 63.0 Å². The highest BCUT2D eigenvalue weighted by Crippen LogP contribution is 2.11. The largest absolute Gasteiger partial charge is 0.407 e. The van der Waals surface area contributed by atoms with Gasteiger partial charge < -0.3 is 15.1 Å². The van der Waals surface area contributed by atoms with Crippen molar-refractivity contribution < 1.29 is 4.42 Å². The average molecular weight is 238 g/mol. The van der Waals surface area contributed by atoms with E-state index in [1.807, 2.05) is 18.4 Å². The zero-order valence-electron chi connectivity index (χ0n) is 9.06. The second kappa shape index (κ2) is 5.62. The molecule has 2 heterocycles. The molecule has 16 heavy (non-hydrogen) atoms. The van der Waals surface area contributed by atoms with Crippen molar-refractivity contribution in [3.8, 4) is 0 Å². The summed E-state index contributed by atoms with van der Waals surface area (Å²) in [5, 5.41) is 16.1. The standard InChI is InChI=1S/C10H14N4OS/c1-2-11-7-9-13-14-10(15-9)12-6-8-4-3-5-16-8/h3-5,11H,2,6-7H2,1H3,(H,12,14). The molecular formula is C10H14N4OS. The Bertz CT molecular complexity index is 412. The Morgan fingerprint density at radius 2 is 2.31 bits per heavy atom. The normalized spacial score (nSPS) is 10.6. The Kier molecular flexibility index (Phi) is 3.90. The molecular weight excluding hydrogens is 224 g/mol. The maximum absolute atomic E-state index is 5.39. The molecule has 0 fully saturated rings. The molecule has 0 aromatic carbocycles. The third-order valence-electron chi connectivity index (χ3n) is 1.99. The van der Waals surface area contributed by atoms with E-state index in [2.05, 4.69) is 26.9 Å². The summed E-state index contributed by atoms with van der Waals surface area (Å²) < 4.78 is 5.39. The van der Waals surface area contributed by atoms with Gasteiger partial charge in [0.2, 0.25) is 5.89 Å². The second-order valence-corrected chi connectivity index (χ2v) is 4.25. The molecule has 0 radical (unpaired) electrons. The van der Waals surface area contributed by atoms with E-state index in [4.69, 9.17) is 4.42 Å². The summed E-state index contributed by atoms with van der Waals surface area (Å²) in [7, 11) is 0. The van der Waals surface area contributed by atoms with Crippen molar-refractivity contribution in [2.75, 3.05) is 11.9 Å². The number of nitrogens with zero attached hydrogens (tertiary/aromatic N) is 2. The van der Waals surface area contributed by atoms with E-state index in [0.29, 0.717) is 18.5 Å². The van der Waals surface area contributed by atoms with Gasteiger partial charge in [-0.25, -0.2) is 0 Å². The lowest BCUT2D eigenvalue weighted by Crippen LogP contribution is -2.11. The molecule has 0 unspecified atom stereocenters. The van der Waals surface area contributed by atoms with Crippen molar-refractivity contribution in [3.05, 3.63) is 28.3 Å². The van der Waals surface area contributed by atoms with E-state index in [9.17, 15) is 0 Å². The molecule has 5 nitrogen and oxygen atoms in total.